The number of nitrogens with zero attached hydrogens (tertiary/aromatic N) is 2. The van der Waals surface area contributed by atoms with Crippen LogP contribution < -0.4 is 0 Å². The second-order valence-electron chi connectivity index (χ2n) is 6.32. The molecule has 1 aromatic heterocycles. The minimum Gasteiger partial charge on any atom is -0.378 e. The van der Waals surface area contributed by atoms with Crippen LogP contribution >= 0.6 is 0 Å². The lowest BCUT2D eigenvalue weighted by molar-refractivity contribution is 0.0783. The Hall–Kier alpha value is -2.64. The number of carbonyl (C=O) groups is 1. The number of benzene rings is 1. The average molecular weight is 322 g/mol. The summed E-state index contributed by atoms with van der Waals surface area (Å²) in [6.07, 6.45) is 1.73. The molecule has 1 aromatic carbocycles. The first kappa shape index (κ1) is 17.7. The maximum atomic E-state index is 12.6. The SMILES string of the molecule is Cc1cccnc1CN(C)C(=O)c1cccc(C#CC(C)(C)O)c1. The fourth-order valence-electron chi connectivity index (χ4n) is 2.16. The van der Waals surface area contributed by atoms with E-state index in [4.69, 9.17) is 0 Å². The summed E-state index contributed by atoms with van der Waals surface area (Å²) in [4.78, 5) is 18.6. The molecule has 1 N–H and O–H groups in total. The number of carbonyl (C=O) groups excluding carboxylic acids is 1. The van der Waals surface area contributed by atoms with E-state index in [1.54, 1.807) is 50.2 Å². The number of pyridine rings is 1. The second kappa shape index (κ2) is 7.29. The molecule has 0 aliphatic rings. The van der Waals surface area contributed by atoms with Crippen LogP contribution in [0.15, 0.2) is 42.6 Å². The number of aliphatic hydroxyl groups is 1. The number of aromatic nitrogens is 1. The van der Waals surface area contributed by atoms with E-state index in [0.717, 1.165) is 11.3 Å². The molecule has 0 aliphatic heterocycles. The molecular weight excluding hydrogens is 300 g/mol. The molecule has 0 fully saturated rings. The second-order valence-corrected chi connectivity index (χ2v) is 6.32. The highest BCUT2D eigenvalue weighted by atomic mass is 16.3. The van der Waals surface area contributed by atoms with Crippen LogP contribution in [0, 0.1) is 18.8 Å². The highest BCUT2D eigenvalue weighted by Crippen LogP contribution is 2.11. The number of hydrogen-bond donors (Lipinski definition) is 1. The molecule has 0 spiro atoms. The highest BCUT2D eigenvalue weighted by Gasteiger charge is 2.14. The molecule has 0 saturated heterocycles. The van der Waals surface area contributed by atoms with Crippen molar-refractivity contribution in [3.05, 3.63) is 65.0 Å². The van der Waals surface area contributed by atoms with Crippen LogP contribution in [0.1, 0.15) is 41.0 Å². The number of rotatable bonds is 3. The summed E-state index contributed by atoms with van der Waals surface area (Å²) >= 11 is 0. The van der Waals surface area contributed by atoms with E-state index in [2.05, 4.69) is 16.8 Å². The molecule has 0 atom stereocenters. The third kappa shape index (κ3) is 4.94. The lowest BCUT2D eigenvalue weighted by Gasteiger charge is -2.18. The van der Waals surface area contributed by atoms with Gasteiger partial charge in [0.1, 0.15) is 5.60 Å². The zero-order chi connectivity index (χ0) is 17.7. The van der Waals surface area contributed by atoms with Crippen molar-refractivity contribution in [2.45, 2.75) is 32.9 Å². The van der Waals surface area contributed by atoms with E-state index < -0.39 is 5.60 Å². The van der Waals surface area contributed by atoms with E-state index >= 15 is 0 Å². The van der Waals surface area contributed by atoms with Gasteiger partial charge in [-0.2, -0.15) is 0 Å². The predicted molar refractivity (Wildman–Crippen MR) is 94.4 cm³/mol. The molecule has 0 radical (unpaired) electrons. The van der Waals surface area contributed by atoms with Gasteiger partial charge in [0.15, 0.2) is 0 Å². The number of aryl methyl sites for hydroxylation is 1. The Morgan fingerprint density at radius 2 is 2.04 bits per heavy atom. The summed E-state index contributed by atoms with van der Waals surface area (Å²) in [5, 5.41) is 9.68. The van der Waals surface area contributed by atoms with Gasteiger partial charge < -0.3 is 10.0 Å². The lowest BCUT2D eigenvalue weighted by atomic mass is 10.1. The van der Waals surface area contributed by atoms with Gasteiger partial charge in [-0.25, -0.2) is 0 Å². The monoisotopic (exact) mass is 322 g/mol. The van der Waals surface area contributed by atoms with E-state index in [-0.39, 0.29) is 5.91 Å². The third-order valence-corrected chi connectivity index (χ3v) is 3.47. The predicted octanol–water partition coefficient (Wildman–Crippen LogP) is 2.78. The average Bonchev–Trinajstić information content (AvgIpc) is 2.54. The normalized spacial score (nSPS) is 10.7. The van der Waals surface area contributed by atoms with E-state index in [1.165, 1.54) is 0 Å². The quantitative estimate of drug-likeness (QED) is 0.884. The van der Waals surface area contributed by atoms with Gasteiger partial charge in [-0.3, -0.25) is 9.78 Å². The Morgan fingerprint density at radius 3 is 2.71 bits per heavy atom. The molecule has 1 amide bonds. The molecule has 0 saturated carbocycles. The van der Waals surface area contributed by atoms with Crippen molar-refractivity contribution in [2.24, 2.45) is 0 Å². The molecule has 4 heteroatoms. The summed E-state index contributed by atoms with van der Waals surface area (Å²) in [7, 11) is 1.76. The van der Waals surface area contributed by atoms with Crippen LogP contribution in [0.4, 0.5) is 0 Å². The zero-order valence-electron chi connectivity index (χ0n) is 14.5. The number of hydrogen-bond acceptors (Lipinski definition) is 3. The van der Waals surface area contributed by atoms with E-state index in [1.807, 2.05) is 25.1 Å². The van der Waals surface area contributed by atoms with Crippen molar-refractivity contribution >= 4 is 5.91 Å². The van der Waals surface area contributed by atoms with Gasteiger partial charge >= 0.3 is 0 Å². The molecule has 2 aromatic rings. The minimum absolute atomic E-state index is 0.0908. The number of amides is 1. The third-order valence-electron chi connectivity index (χ3n) is 3.47. The minimum atomic E-state index is -1.06. The molecule has 0 unspecified atom stereocenters. The fourth-order valence-corrected chi connectivity index (χ4v) is 2.16. The van der Waals surface area contributed by atoms with Crippen molar-refractivity contribution in [1.29, 1.82) is 0 Å². The van der Waals surface area contributed by atoms with E-state index in [9.17, 15) is 9.90 Å². The molecule has 124 valence electrons. The van der Waals surface area contributed by atoms with Gasteiger partial charge in [-0.15, -0.1) is 0 Å². The Balaban J connectivity index is 2.17. The summed E-state index contributed by atoms with van der Waals surface area (Å²) in [6, 6.07) is 11.0. The van der Waals surface area contributed by atoms with Gasteiger partial charge in [-0.05, 0) is 50.6 Å². The fraction of sp³-hybridized carbons (Fsp3) is 0.300. The molecule has 2 rings (SSSR count). The van der Waals surface area contributed by atoms with Gasteiger partial charge in [0, 0.05) is 24.4 Å². The molecule has 4 nitrogen and oxygen atoms in total. The van der Waals surface area contributed by atoms with Crippen LogP contribution in [0.2, 0.25) is 0 Å². The van der Waals surface area contributed by atoms with Crippen molar-refractivity contribution < 1.29 is 9.90 Å². The Labute approximate surface area is 143 Å². The first-order chi connectivity index (χ1) is 11.3. The van der Waals surface area contributed by atoms with Gasteiger partial charge in [0.25, 0.3) is 5.91 Å². The van der Waals surface area contributed by atoms with Crippen molar-refractivity contribution in [3.63, 3.8) is 0 Å². The van der Waals surface area contributed by atoms with Gasteiger partial charge in [-0.1, -0.05) is 24.0 Å². The summed E-state index contributed by atoms with van der Waals surface area (Å²) in [6.45, 7) is 5.68. The highest BCUT2D eigenvalue weighted by molar-refractivity contribution is 5.94. The van der Waals surface area contributed by atoms with Crippen LogP contribution in [0.3, 0.4) is 0 Å². The van der Waals surface area contributed by atoms with Gasteiger partial charge in [0.05, 0.1) is 12.2 Å². The zero-order valence-corrected chi connectivity index (χ0v) is 14.5. The molecule has 1 heterocycles. The Morgan fingerprint density at radius 1 is 1.29 bits per heavy atom. The lowest BCUT2D eigenvalue weighted by Crippen LogP contribution is -2.27. The smallest absolute Gasteiger partial charge is 0.253 e. The largest absolute Gasteiger partial charge is 0.378 e. The van der Waals surface area contributed by atoms with Crippen LogP contribution in [0.25, 0.3) is 0 Å². The van der Waals surface area contributed by atoms with Crippen molar-refractivity contribution in [3.8, 4) is 11.8 Å². The topological polar surface area (TPSA) is 53.4 Å². The van der Waals surface area contributed by atoms with Crippen LogP contribution in [-0.2, 0) is 6.54 Å². The Bertz CT molecular complexity index is 795. The van der Waals surface area contributed by atoms with Gasteiger partial charge in [0.2, 0.25) is 0 Å². The molecule has 0 bridgehead atoms. The summed E-state index contributed by atoms with van der Waals surface area (Å²) in [5.74, 6) is 5.56. The molecule has 24 heavy (non-hydrogen) atoms. The first-order valence-electron chi connectivity index (χ1n) is 7.78. The van der Waals surface area contributed by atoms with Crippen molar-refractivity contribution in [1.82, 2.24) is 9.88 Å². The molecular formula is C20H22N2O2. The summed E-state index contributed by atoms with van der Waals surface area (Å²) in [5.41, 5.74) is 2.14. The maximum Gasteiger partial charge on any atom is 0.253 e. The van der Waals surface area contributed by atoms with Crippen LogP contribution in [-0.4, -0.2) is 33.5 Å². The van der Waals surface area contributed by atoms with Crippen molar-refractivity contribution in [2.75, 3.05) is 7.05 Å². The van der Waals surface area contributed by atoms with Crippen LogP contribution in [0.5, 0.6) is 0 Å². The Kier molecular flexibility index (Phi) is 5.38. The van der Waals surface area contributed by atoms with E-state index in [0.29, 0.717) is 17.7 Å². The first-order valence-corrected chi connectivity index (χ1v) is 7.78. The maximum absolute atomic E-state index is 12.6. The standard InChI is InChI=1S/C20H22N2O2/c1-15-7-6-12-21-18(15)14-22(4)19(23)17-9-5-8-16(13-17)10-11-20(2,3)24/h5-9,12-13,24H,14H2,1-4H3. The summed E-state index contributed by atoms with van der Waals surface area (Å²) < 4.78 is 0. The molecule has 0 aliphatic carbocycles.